The van der Waals surface area contributed by atoms with Crippen molar-refractivity contribution in [3.05, 3.63) is 53.3 Å². The Morgan fingerprint density at radius 3 is 1.95 bits per heavy atom. The number of hydrogen-bond donors (Lipinski definition) is 4. The Balaban J connectivity index is 1.19. The Kier molecular flexibility index (Phi) is 8.49. The van der Waals surface area contributed by atoms with Gasteiger partial charge in [0.25, 0.3) is 0 Å². The topological polar surface area (TPSA) is 101 Å². The van der Waals surface area contributed by atoms with Crippen molar-refractivity contribution in [3.63, 3.8) is 0 Å². The number of ketones is 2. The van der Waals surface area contributed by atoms with E-state index in [4.69, 9.17) is 0 Å². The van der Waals surface area contributed by atoms with Gasteiger partial charge in [-0.1, -0.05) is 6.08 Å². The molecule has 4 aliphatic rings. The molecule has 202 valence electrons. The standard InChI is InChI=1S/C30H38N4O4/c35-27(11-17-33-13-3-1-4-14-33)31-21-7-9-23-25(19-21)29(37)24-10-8-22(20-26(24)30(23)38)32-28(36)12-18-34-15-5-2-6-16-34/h7-10,19-20,23,25H,1-6,11-18H2,(H,31,35)(H,32,36)/p+2. The fraction of sp³-hybridized carbons (Fsp3) is 0.533. The maximum Gasteiger partial charge on any atom is 0.230 e. The molecular formula is C30H40N4O4+2. The number of hydrogen-bond acceptors (Lipinski definition) is 4. The molecule has 2 aliphatic heterocycles. The van der Waals surface area contributed by atoms with Gasteiger partial charge in [-0.2, -0.15) is 0 Å². The summed E-state index contributed by atoms with van der Waals surface area (Å²) in [6.45, 7) is 6.13. The number of Topliss-reactive ketones (excluding diaryl/α,β-unsaturated/α-hetero) is 2. The normalized spacial score (nSPS) is 23.8. The summed E-state index contributed by atoms with van der Waals surface area (Å²) >= 11 is 0. The van der Waals surface area contributed by atoms with Gasteiger partial charge in [-0.3, -0.25) is 19.2 Å². The molecule has 0 saturated carbocycles. The van der Waals surface area contributed by atoms with Crippen LogP contribution in [0.15, 0.2) is 42.1 Å². The highest BCUT2D eigenvalue weighted by Crippen LogP contribution is 2.36. The molecule has 0 aromatic heterocycles. The first kappa shape index (κ1) is 26.5. The van der Waals surface area contributed by atoms with Crippen molar-refractivity contribution in [2.45, 2.75) is 51.4 Å². The van der Waals surface area contributed by atoms with Crippen molar-refractivity contribution in [1.82, 2.24) is 5.32 Å². The second-order valence-electron chi connectivity index (χ2n) is 11.2. The molecule has 2 unspecified atom stereocenters. The van der Waals surface area contributed by atoms with Crippen LogP contribution in [-0.4, -0.2) is 62.6 Å². The average molecular weight is 521 g/mol. The van der Waals surface area contributed by atoms with E-state index in [-0.39, 0.29) is 23.4 Å². The number of piperidine rings is 2. The monoisotopic (exact) mass is 520 g/mol. The zero-order valence-electron chi connectivity index (χ0n) is 22.2. The van der Waals surface area contributed by atoms with Gasteiger partial charge in [-0.15, -0.1) is 0 Å². The van der Waals surface area contributed by atoms with Crippen molar-refractivity contribution in [3.8, 4) is 0 Å². The molecule has 2 aliphatic carbocycles. The summed E-state index contributed by atoms with van der Waals surface area (Å²) in [7, 11) is 0. The summed E-state index contributed by atoms with van der Waals surface area (Å²) in [5, 5.41) is 5.83. The fourth-order valence-corrected chi connectivity index (χ4v) is 6.28. The number of carbonyl (C=O) groups excluding carboxylic acids is 4. The van der Waals surface area contributed by atoms with Crippen LogP contribution in [-0.2, 0) is 9.59 Å². The zero-order chi connectivity index (χ0) is 26.5. The highest BCUT2D eigenvalue weighted by Gasteiger charge is 2.40. The Morgan fingerprint density at radius 2 is 1.32 bits per heavy atom. The highest BCUT2D eigenvalue weighted by atomic mass is 16.2. The van der Waals surface area contributed by atoms with Gasteiger partial charge in [-0.05, 0) is 68.9 Å². The quantitative estimate of drug-likeness (QED) is 0.406. The third-order valence-electron chi connectivity index (χ3n) is 8.49. The van der Waals surface area contributed by atoms with Gasteiger partial charge in [-0.25, -0.2) is 0 Å². The van der Waals surface area contributed by atoms with Crippen molar-refractivity contribution in [2.75, 3.05) is 44.6 Å². The fourth-order valence-electron chi connectivity index (χ4n) is 6.28. The SMILES string of the molecule is O=C(CC[NH+]1CCCCC1)NC1=CC2C(=O)c3ccc(NC(=O)CC[NH+]4CCCCC4)cc3C(=O)C2C=C1. The lowest BCUT2D eigenvalue weighted by Crippen LogP contribution is -3.12. The van der Waals surface area contributed by atoms with Gasteiger partial charge in [0.15, 0.2) is 11.6 Å². The summed E-state index contributed by atoms with van der Waals surface area (Å²) in [4.78, 5) is 54.7. The first-order valence-corrected chi connectivity index (χ1v) is 14.4. The Hall–Kier alpha value is -3.10. The lowest BCUT2D eigenvalue weighted by Gasteiger charge is -2.30. The number of allylic oxidation sites excluding steroid dienone is 3. The maximum absolute atomic E-state index is 13.3. The van der Waals surface area contributed by atoms with Crippen LogP contribution < -0.4 is 20.4 Å². The second-order valence-corrected chi connectivity index (χ2v) is 11.2. The number of rotatable bonds is 8. The maximum atomic E-state index is 13.3. The van der Waals surface area contributed by atoms with Crippen LogP contribution in [0.4, 0.5) is 5.69 Å². The van der Waals surface area contributed by atoms with Crippen molar-refractivity contribution >= 4 is 29.1 Å². The summed E-state index contributed by atoms with van der Waals surface area (Å²) in [6, 6.07) is 4.97. The van der Waals surface area contributed by atoms with E-state index >= 15 is 0 Å². The molecule has 38 heavy (non-hydrogen) atoms. The van der Waals surface area contributed by atoms with Crippen LogP contribution in [0, 0.1) is 11.8 Å². The van der Waals surface area contributed by atoms with E-state index in [1.165, 1.54) is 48.3 Å². The third kappa shape index (κ3) is 6.30. The van der Waals surface area contributed by atoms with Crippen LogP contribution in [0.5, 0.6) is 0 Å². The highest BCUT2D eigenvalue weighted by molar-refractivity contribution is 6.18. The molecule has 2 amide bonds. The van der Waals surface area contributed by atoms with Crippen LogP contribution in [0.2, 0.25) is 0 Å². The molecule has 8 heteroatoms. The van der Waals surface area contributed by atoms with Gasteiger partial charge in [0.05, 0.1) is 63.9 Å². The molecule has 2 fully saturated rings. The summed E-state index contributed by atoms with van der Waals surface area (Å²) in [5.74, 6) is -1.62. The van der Waals surface area contributed by atoms with E-state index in [2.05, 4.69) is 10.6 Å². The number of benzene rings is 1. The lowest BCUT2D eigenvalue weighted by atomic mass is 9.72. The van der Waals surface area contributed by atoms with Crippen LogP contribution in [0.25, 0.3) is 0 Å². The Labute approximate surface area is 224 Å². The van der Waals surface area contributed by atoms with Gasteiger partial charge in [0.1, 0.15) is 0 Å². The number of carbonyl (C=O) groups is 4. The third-order valence-corrected chi connectivity index (χ3v) is 8.49. The van der Waals surface area contributed by atoms with Gasteiger partial charge >= 0.3 is 0 Å². The Bertz CT molecular complexity index is 1140. The zero-order valence-corrected chi connectivity index (χ0v) is 22.2. The summed E-state index contributed by atoms with van der Waals surface area (Å²) in [5.41, 5.74) is 1.85. The first-order chi connectivity index (χ1) is 18.5. The minimum atomic E-state index is -0.629. The van der Waals surface area contributed by atoms with Crippen LogP contribution in [0.3, 0.4) is 0 Å². The van der Waals surface area contributed by atoms with E-state index in [1.54, 1.807) is 36.4 Å². The van der Waals surface area contributed by atoms with Crippen molar-refractivity contribution in [2.24, 2.45) is 11.8 Å². The number of amides is 2. The number of nitrogens with one attached hydrogen (secondary N) is 4. The summed E-state index contributed by atoms with van der Waals surface area (Å²) < 4.78 is 0. The molecule has 0 spiro atoms. The van der Waals surface area contributed by atoms with Gasteiger partial charge < -0.3 is 20.4 Å². The van der Waals surface area contributed by atoms with E-state index in [9.17, 15) is 19.2 Å². The van der Waals surface area contributed by atoms with Crippen molar-refractivity contribution in [1.29, 1.82) is 0 Å². The second kappa shape index (κ2) is 12.2. The Morgan fingerprint density at radius 1 is 0.737 bits per heavy atom. The predicted molar refractivity (Wildman–Crippen MR) is 144 cm³/mol. The van der Waals surface area contributed by atoms with Crippen molar-refractivity contribution < 1.29 is 29.0 Å². The van der Waals surface area contributed by atoms with E-state index < -0.39 is 11.8 Å². The number of anilines is 1. The number of quaternary nitrogens is 2. The molecule has 1 aromatic carbocycles. The van der Waals surface area contributed by atoms with Crippen LogP contribution in [0.1, 0.15) is 72.1 Å². The van der Waals surface area contributed by atoms with E-state index in [0.29, 0.717) is 35.4 Å². The van der Waals surface area contributed by atoms with Crippen LogP contribution >= 0.6 is 0 Å². The molecule has 2 saturated heterocycles. The molecule has 8 nitrogen and oxygen atoms in total. The van der Waals surface area contributed by atoms with Gasteiger partial charge in [0.2, 0.25) is 11.8 Å². The smallest absolute Gasteiger partial charge is 0.230 e. The minimum absolute atomic E-state index is 0.0605. The molecule has 2 atom stereocenters. The predicted octanol–water partition coefficient (Wildman–Crippen LogP) is 0.724. The molecular weight excluding hydrogens is 480 g/mol. The first-order valence-electron chi connectivity index (χ1n) is 14.4. The minimum Gasteiger partial charge on any atom is -0.335 e. The number of fused-ring (bicyclic) bond motifs is 2. The lowest BCUT2D eigenvalue weighted by molar-refractivity contribution is -0.904. The molecule has 0 bridgehead atoms. The summed E-state index contributed by atoms with van der Waals surface area (Å²) in [6.07, 6.45) is 13.5. The van der Waals surface area contributed by atoms with E-state index in [0.717, 1.165) is 39.3 Å². The molecule has 5 rings (SSSR count). The molecule has 0 radical (unpaired) electrons. The molecule has 2 heterocycles. The van der Waals surface area contributed by atoms with Gasteiger partial charge in [0, 0.05) is 22.5 Å². The van der Waals surface area contributed by atoms with E-state index in [1.807, 2.05) is 0 Å². The molecule has 1 aromatic rings. The average Bonchev–Trinajstić information content (AvgIpc) is 2.95. The largest absolute Gasteiger partial charge is 0.335 e. The number of likely N-dealkylation sites (tertiary alicyclic amines) is 2. The molecule has 4 N–H and O–H groups in total.